The number of benzene rings is 1. The minimum absolute atomic E-state index is 0.216. The topological polar surface area (TPSA) is 73.9 Å². The number of amides is 2. The Morgan fingerprint density at radius 3 is 2.70 bits per heavy atom. The van der Waals surface area contributed by atoms with Gasteiger partial charge in [0.25, 0.3) is 0 Å². The van der Waals surface area contributed by atoms with Gasteiger partial charge in [-0.2, -0.15) is 0 Å². The number of nitrogens with zero attached hydrogens (tertiary/aromatic N) is 2. The highest BCUT2D eigenvalue weighted by atomic mass is 19.1. The molecule has 2 N–H and O–H groups in total. The second-order valence-electron chi connectivity index (χ2n) is 6.78. The molecule has 8 heteroatoms. The van der Waals surface area contributed by atoms with Crippen LogP contribution in [-0.2, 0) is 9.53 Å². The highest BCUT2D eigenvalue weighted by molar-refractivity contribution is 5.95. The van der Waals surface area contributed by atoms with Gasteiger partial charge in [0.1, 0.15) is 5.82 Å². The fourth-order valence-electron chi connectivity index (χ4n) is 3.36. The zero-order valence-electron chi connectivity index (χ0n) is 15.6. The van der Waals surface area contributed by atoms with Crippen LogP contribution in [-0.4, -0.2) is 68.2 Å². The van der Waals surface area contributed by atoms with E-state index < -0.39 is 23.9 Å². The number of ether oxygens (including phenoxy) is 1. The Morgan fingerprint density at radius 1 is 1.30 bits per heavy atom. The van der Waals surface area contributed by atoms with Gasteiger partial charge in [-0.1, -0.05) is 12.1 Å². The second-order valence-corrected chi connectivity index (χ2v) is 6.78. The number of hydrogen-bond acceptors (Lipinski definition) is 5. The van der Waals surface area contributed by atoms with E-state index in [2.05, 4.69) is 27.5 Å². The lowest BCUT2D eigenvalue weighted by Crippen LogP contribution is -2.51. The second kappa shape index (κ2) is 8.49. The van der Waals surface area contributed by atoms with Crippen LogP contribution in [0.15, 0.2) is 35.5 Å². The van der Waals surface area contributed by atoms with Crippen molar-refractivity contribution in [3.8, 4) is 0 Å². The molecule has 0 saturated carbocycles. The molecule has 0 radical (unpaired) electrons. The van der Waals surface area contributed by atoms with Gasteiger partial charge in [-0.05, 0) is 31.7 Å². The molecule has 146 valence electrons. The van der Waals surface area contributed by atoms with Gasteiger partial charge >= 0.3 is 12.0 Å². The molecule has 1 aromatic carbocycles. The van der Waals surface area contributed by atoms with Crippen molar-refractivity contribution in [2.45, 2.75) is 13.0 Å². The average molecular weight is 376 g/mol. The molecule has 0 bridgehead atoms. The molecule has 0 aromatic heterocycles. The Hall–Kier alpha value is -2.45. The number of carbonyl (C=O) groups is 2. The highest BCUT2D eigenvalue weighted by Crippen LogP contribution is 2.28. The smallest absolute Gasteiger partial charge is 0.338 e. The van der Waals surface area contributed by atoms with E-state index in [0.717, 1.165) is 26.2 Å². The van der Waals surface area contributed by atoms with E-state index in [1.807, 2.05) is 0 Å². The van der Waals surface area contributed by atoms with Crippen LogP contribution in [0.25, 0.3) is 0 Å². The van der Waals surface area contributed by atoms with Crippen LogP contribution in [0.5, 0.6) is 0 Å². The van der Waals surface area contributed by atoms with Crippen LogP contribution < -0.4 is 10.6 Å². The molecule has 2 aliphatic rings. The van der Waals surface area contributed by atoms with E-state index in [9.17, 15) is 14.0 Å². The lowest BCUT2D eigenvalue weighted by molar-refractivity contribution is -0.139. The maximum atomic E-state index is 13.7. The SMILES string of the molecule is CCOC(=O)C1=C(CN2CCN(C)CC2)NC(=O)N[C@@H]1c1cccc(F)c1. The molecule has 1 aromatic rings. The Morgan fingerprint density at radius 2 is 2.04 bits per heavy atom. The maximum absolute atomic E-state index is 13.7. The monoisotopic (exact) mass is 376 g/mol. The summed E-state index contributed by atoms with van der Waals surface area (Å²) in [7, 11) is 2.06. The molecular formula is C19H25FN4O3. The Labute approximate surface area is 158 Å². The molecule has 2 amide bonds. The molecule has 27 heavy (non-hydrogen) atoms. The van der Waals surface area contributed by atoms with Crippen LogP contribution in [0.2, 0.25) is 0 Å². The summed E-state index contributed by atoms with van der Waals surface area (Å²) in [5, 5.41) is 5.48. The van der Waals surface area contributed by atoms with Gasteiger partial charge in [0.05, 0.1) is 18.2 Å². The number of rotatable bonds is 5. The molecule has 7 nitrogen and oxygen atoms in total. The number of piperazine rings is 1. The van der Waals surface area contributed by atoms with E-state index in [4.69, 9.17) is 4.74 Å². The number of urea groups is 1. The first-order valence-corrected chi connectivity index (χ1v) is 9.12. The summed E-state index contributed by atoms with van der Waals surface area (Å²) in [6.45, 7) is 5.89. The molecule has 2 heterocycles. The zero-order valence-corrected chi connectivity index (χ0v) is 15.6. The van der Waals surface area contributed by atoms with E-state index in [1.165, 1.54) is 12.1 Å². The van der Waals surface area contributed by atoms with Crippen LogP contribution >= 0.6 is 0 Å². The molecule has 1 atom stereocenters. The van der Waals surface area contributed by atoms with Crippen molar-refractivity contribution in [3.05, 3.63) is 46.9 Å². The first-order chi connectivity index (χ1) is 13.0. The molecule has 0 aliphatic carbocycles. The molecule has 0 spiro atoms. The van der Waals surface area contributed by atoms with E-state index in [0.29, 0.717) is 23.4 Å². The summed E-state index contributed by atoms with van der Waals surface area (Å²) in [5.41, 5.74) is 1.33. The normalized spacial score (nSPS) is 21.6. The maximum Gasteiger partial charge on any atom is 0.338 e. The summed E-state index contributed by atoms with van der Waals surface area (Å²) < 4.78 is 19.0. The summed E-state index contributed by atoms with van der Waals surface area (Å²) >= 11 is 0. The highest BCUT2D eigenvalue weighted by Gasteiger charge is 2.34. The van der Waals surface area contributed by atoms with Gasteiger partial charge in [0.15, 0.2) is 0 Å². The standard InChI is InChI=1S/C19H25FN4O3/c1-3-27-18(25)16-15(12-24-9-7-23(2)8-10-24)21-19(26)22-17(16)13-5-4-6-14(20)11-13/h4-6,11,17H,3,7-10,12H2,1-2H3,(H2,21,22,26)/t17-/m1/s1. The molecule has 2 aliphatic heterocycles. The predicted molar refractivity (Wildman–Crippen MR) is 98.4 cm³/mol. The van der Waals surface area contributed by atoms with Crippen molar-refractivity contribution >= 4 is 12.0 Å². The zero-order chi connectivity index (χ0) is 19.4. The van der Waals surface area contributed by atoms with Gasteiger partial charge in [-0.3, -0.25) is 4.90 Å². The lowest BCUT2D eigenvalue weighted by atomic mass is 9.95. The average Bonchev–Trinajstić information content (AvgIpc) is 2.63. The van der Waals surface area contributed by atoms with Gasteiger partial charge in [-0.25, -0.2) is 14.0 Å². The molecule has 3 rings (SSSR count). The number of esters is 1. The minimum atomic E-state index is -0.754. The molecule has 1 saturated heterocycles. The third-order valence-electron chi connectivity index (χ3n) is 4.81. The third kappa shape index (κ3) is 4.64. The van der Waals surface area contributed by atoms with Crippen molar-refractivity contribution in [1.82, 2.24) is 20.4 Å². The van der Waals surface area contributed by atoms with Gasteiger partial charge in [0, 0.05) is 38.4 Å². The predicted octanol–water partition coefficient (Wildman–Crippen LogP) is 1.24. The molecular weight excluding hydrogens is 351 g/mol. The fraction of sp³-hybridized carbons (Fsp3) is 0.474. The summed E-state index contributed by atoms with van der Waals surface area (Å²) in [4.78, 5) is 29.3. The van der Waals surface area contributed by atoms with Crippen LogP contribution in [0, 0.1) is 5.82 Å². The first kappa shape index (κ1) is 19.3. The molecule has 0 unspecified atom stereocenters. The van der Waals surface area contributed by atoms with Crippen molar-refractivity contribution in [2.24, 2.45) is 0 Å². The first-order valence-electron chi connectivity index (χ1n) is 9.12. The minimum Gasteiger partial charge on any atom is -0.463 e. The van der Waals surface area contributed by atoms with Crippen LogP contribution in [0.3, 0.4) is 0 Å². The summed E-state index contributed by atoms with van der Waals surface area (Å²) in [6, 6.07) is 4.72. The number of halogens is 1. The quantitative estimate of drug-likeness (QED) is 0.757. The molecule has 1 fully saturated rings. The number of hydrogen-bond donors (Lipinski definition) is 2. The van der Waals surface area contributed by atoms with Crippen molar-refractivity contribution in [3.63, 3.8) is 0 Å². The number of carbonyl (C=O) groups excluding carboxylic acids is 2. The van der Waals surface area contributed by atoms with E-state index >= 15 is 0 Å². The van der Waals surface area contributed by atoms with Crippen molar-refractivity contribution in [1.29, 1.82) is 0 Å². The Balaban J connectivity index is 1.95. The van der Waals surface area contributed by atoms with Crippen LogP contribution in [0.1, 0.15) is 18.5 Å². The van der Waals surface area contributed by atoms with Crippen LogP contribution in [0.4, 0.5) is 9.18 Å². The third-order valence-corrected chi connectivity index (χ3v) is 4.81. The number of nitrogens with one attached hydrogen (secondary N) is 2. The van der Waals surface area contributed by atoms with E-state index in [-0.39, 0.29) is 6.61 Å². The van der Waals surface area contributed by atoms with E-state index in [1.54, 1.807) is 19.1 Å². The Bertz CT molecular complexity index is 744. The summed E-state index contributed by atoms with van der Waals surface area (Å²) in [5.74, 6) is -0.938. The van der Waals surface area contributed by atoms with Crippen molar-refractivity contribution < 1.29 is 18.7 Å². The summed E-state index contributed by atoms with van der Waals surface area (Å²) in [6.07, 6.45) is 0. The lowest BCUT2D eigenvalue weighted by Gasteiger charge is -2.35. The fourth-order valence-corrected chi connectivity index (χ4v) is 3.36. The van der Waals surface area contributed by atoms with Crippen molar-refractivity contribution in [2.75, 3.05) is 46.4 Å². The van der Waals surface area contributed by atoms with Gasteiger partial charge < -0.3 is 20.3 Å². The largest absolute Gasteiger partial charge is 0.463 e. The van der Waals surface area contributed by atoms with Gasteiger partial charge in [-0.15, -0.1) is 0 Å². The Kier molecular flexibility index (Phi) is 6.08. The van der Waals surface area contributed by atoms with Gasteiger partial charge in [0.2, 0.25) is 0 Å². The number of likely N-dealkylation sites (N-methyl/N-ethyl adjacent to an activating group) is 1.